The molecule has 4 nitrogen and oxygen atoms in total. The van der Waals surface area contributed by atoms with Crippen LogP contribution >= 0.6 is 0 Å². The van der Waals surface area contributed by atoms with E-state index >= 15 is 0 Å². The van der Waals surface area contributed by atoms with E-state index in [1.165, 1.54) is 0 Å². The molecule has 0 aliphatic carbocycles. The maximum atomic E-state index is 9.11. The Labute approximate surface area is 100 Å². The molecule has 3 rings (SSSR count). The number of fused-ring (bicyclic) bond motifs is 1. The predicted octanol–water partition coefficient (Wildman–Crippen LogP) is 1.38. The zero-order valence-corrected chi connectivity index (χ0v) is 9.76. The molecule has 1 atom stereocenters. The summed E-state index contributed by atoms with van der Waals surface area (Å²) in [5, 5.41) is 9.11. The average Bonchev–Trinajstić information content (AvgIpc) is 2.94. The van der Waals surface area contributed by atoms with Crippen molar-refractivity contribution in [2.45, 2.75) is 13.0 Å². The smallest absolute Gasteiger partial charge is 0.121 e. The van der Waals surface area contributed by atoms with Gasteiger partial charge in [0.25, 0.3) is 0 Å². The van der Waals surface area contributed by atoms with E-state index in [2.05, 4.69) is 14.9 Å². The second-order valence-electron chi connectivity index (χ2n) is 4.77. The molecule has 1 aromatic carbocycles. The normalized spacial score (nSPS) is 21.4. The number of H-pyrrole nitrogens is 1. The van der Waals surface area contributed by atoms with E-state index in [1.807, 2.05) is 24.3 Å². The van der Waals surface area contributed by atoms with Crippen LogP contribution in [0, 0.1) is 5.92 Å². The van der Waals surface area contributed by atoms with Gasteiger partial charge in [0.15, 0.2) is 0 Å². The van der Waals surface area contributed by atoms with E-state index in [1.54, 1.807) is 0 Å². The molecule has 17 heavy (non-hydrogen) atoms. The number of aromatic amines is 1. The maximum absolute atomic E-state index is 9.11. The summed E-state index contributed by atoms with van der Waals surface area (Å²) in [7, 11) is 0. The minimum absolute atomic E-state index is 0.302. The summed E-state index contributed by atoms with van der Waals surface area (Å²) in [5.74, 6) is 1.46. The summed E-state index contributed by atoms with van der Waals surface area (Å²) < 4.78 is 0. The fourth-order valence-electron chi connectivity index (χ4n) is 2.50. The number of imidazole rings is 1. The summed E-state index contributed by atoms with van der Waals surface area (Å²) >= 11 is 0. The zero-order valence-electron chi connectivity index (χ0n) is 9.76. The number of benzene rings is 1. The van der Waals surface area contributed by atoms with Crippen molar-refractivity contribution < 1.29 is 5.11 Å². The number of aromatic nitrogens is 2. The lowest BCUT2D eigenvalue weighted by Crippen LogP contribution is -2.21. The quantitative estimate of drug-likeness (QED) is 0.839. The van der Waals surface area contributed by atoms with Gasteiger partial charge in [0, 0.05) is 13.2 Å². The molecule has 1 saturated heterocycles. The average molecular weight is 231 g/mol. The maximum Gasteiger partial charge on any atom is 0.121 e. The van der Waals surface area contributed by atoms with Gasteiger partial charge in [0.05, 0.1) is 17.6 Å². The Morgan fingerprint density at radius 1 is 1.41 bits per heavy atom. The molecule has 1 aliphatic rings. The summed E-state index contributed by atoms with van der Waals surface area (Å²) in [4.78, 5) is 10.3. The number of aliphatic hydroxyl groups excluding tert-OH is 1. The van der Waals surface area contributed by atoms with Gasteiger partial charge < -0.3 is 10.1 Å². The monoisotopic (exact) mass is 231 g/mol. The third-order valence-electron chi connectivity index (χ3n) is 3.44. The number of aliphatic hydroxyl groups is 1. The van der Waals surface area contributed by atoms with Crippen molar-refractivity contribution in [3.8, 4) is 0 Å². The second kappa shape index (κ2) is 4.47. The predicted molar refractivity (Wildman–Crippen MR) is 66.6 cm³/mol. The van der Waals surface area contributed by atoms with E-state index in [-0.39, 0.29) is 0 Å². The zero-order chi connectivity index (χ0) is 11.7. The Balaban J connectivity index is 1.73. The van der Waals surface area contributed by atoms with Crippen LogP contribution in [0.25, 0.3) is 11.0 Å². The molecular weight excluding hydrogens is 214 g/mol. The fourth-order valence-corrected chi connectivity index (χ4v) is 2.50. The van der Waals surface area contributed by atoms with Gasteiger partial charge in [0.2, 0.25) is 0 Å². The Bertz CT molecular complexity index is 475. The first kappa shape index (κ1) is 10.7. The van der Waals surface area contributed by atoms with Gasteiger partial charge in [-0.15, -0.1) is 0 Å². The Morgan fingerprint density at radius 2 is 2.29 bits per heavy atom. The summed E-state index contributed by atoms with van der Waals surface area (Å²) in [6.07, 6.45) is 1.09. The van der Waals surface area contributed by atoms with Crippen molar-refractivity contribution in [2.75, 3.05) is 19.7 Å². The molecule has 1 aromatic heterocycles. The SMILES string of the molecule is OCC1CCN(Cc2nc3ccccc3[nH]2)C1. The molecule has 0 saturated carbocycles. The minimum Gasteiger partial charge on any atom is -0.396 e. The van der Waals surface area contributed by atoms with Crippen molar-refractivity contribution in [1.82, 2.24) is 14.9 Å². The number of hydrogen-bond donors (Lipinski definition) is 2. The minimum atomic E-state index is 0.302. The Hall–Kier alpha value is -1.39. The lowest BCUT2D eigenvalue weighted by atomic mass is 10.1. The third kappa shape index (κ3) is 2.18. The van der Waals surface area contributed by atoms with Crippen LogP contribution in [-0.4, -0.2) is 39.7 Å². The molecule has 90 valence electrons. The number of para-hydroxylation sites is 2. The van der Waals surface area contributed by atoms with Crippen LogP contribution in [0.2, 0.25) is 0 Å². The molecule has 1 fully saturated rings. The van der Waals surface area contributed by atoms with Gasteiger partial charge in [-0.1, -0.05) is 12.1 Å². The number of nitrogens with one attached hydrogen (secondary N) is 1. The number of hydrogen-bond acceptors (Lipinski definition) is 3. The summed E-state index contributed by atoms with van der Waals surface area (Å²) in [6.45, 7) is 3.19. The van der Waals surface area contributed by atoms with Gasteiger partial charge in [-0.3, -0.25) is 4.90 Å². The van der Waals surface area contributed by atoms with E-state index in [4.69, 9.17) is 5.11 Å². The number of rotatable bonds is 3. The van der Waals surface area contributed by atoms with Crippen LogP contribution in [-0.2, 0) is 6.54 Å². The fraction of sp³-hybridized carbons (Fsp3) is 0.462. The van der Waals surface area contributed by atoms with Crippen LogP contribution in [0.3, 0.4) is 0 Å². The van der Waals surface area contributed by atoms with E-state index in [0.29, 0.717) is 12.5 Å². The molecule has 0 amide bonds. The Morgan fingerprint density at radius 3 is 3.06 bits per heavy atom. The van der Waals surface area contributed by atoms with Crippen molar-refractivity contribution >= 4 is 11.0 Å². The van der Waals surface area contributed by atoms with E-state index in [9.17, 15) is 0 Å². The van der Waals surface area contributed by atoms with Crippen molar-refractivity contribution in [3.05, 3.63) is 30.1 Å². The van der Waals surface area contributed by atoms with Gasteiger partial charge in [-0.05, 0) is 31.0 Å². The highest BCUT2D eigenvalue weighted by atomic mass is 16.3. The van der Waals surface area contributed by atoms with Crippen LogP contribution in [0.1, 0.15) is 12.2 Å². The van der Waals surface area contributed by atoms with Crippen molar-refractivity contribution in [3.63, 3.8) is 0 Å². The molecule has 0 bridgehead atoms. The van der Waals surface area contributed by atoms with Gasteiger partial charge in [-0.25, -0.2) is 4.98 Å². The largest absolute Gasteiger partial charge is 0.396 e. The molecular formula is C13H17N3O. The van der Waals surface area contributed by atoms with Gasteiger partial charge in [0.1, 0.15) is 5.82 Å². The number of likely N-dealkylation sites (tertiary alicyclic amines) is 1. The second-order valence-corrected chi connectivity index (χ2v) is 4.77. The first-order valence-electron chi connectivity index (χ1n) is 6.12. The van der Waals surface area contributed by atoms with Gasteiger partial charge in [-0.2, -0.15) is 0 Å². The summed E-state index contributed by atoms with van der Waals surface area (Å²) in [6, 6.07) is 8.09. The highest BCUT2D eigenvalue weighted by Gasteiger charge is 2.22. The molecule has 1 unspecified atom stereocenters. The molecule has 2 N–H and O–H groups in total. The number of nitrogens with zero attached hydrogens (tertiary/aromatic N) is 2. The molecule has 1 aliphatic heterocycles. The van der Waals surface area contributed by atoms with Crippen molar-refractivity contribution in [2.24, 2.45) is 5.92 Å². The lowest BCUT2D eigenvalue weighted by molar-refractivity contribution is 0.219. The van der Waals surface area contributed by atoms with Gasteiger partial charge >= 0.3 is 0 Å². The third-order valence-corrected chi connectivity index (χ3v) is 3.44. The van der Waals surface area contributed by atoms with E-state index < -0.39 is 0 Å². The highest BCUT2D eigenvalue weighted by Crippen LogP contribution is 2.18. The van der Waals surface area contributed by atoms with Crippen LogP contribution in [0.5, 0.6) is 0 Å². The van der Waals surface area contributed by atoms with Crippen LogP contribution < -0.4 is 0 Å². The molecule has 2 heterocycles. The molecule has 2 aromatic rings. The topological polar surface area (TPSA) is 52.1 Å². The summed E-state index contributed by atoms with van der Waals surface area (Å²) in [5.41, 5.74) is 2.13. The molecule has 0 radical (unpaired) electrons. The highest BCUT2D eigenvalue weighted by molar-refractivity contribution is 5.74. The van der Waals surface area contributed by atoms with Crippen LogP contribution in [0.15, 0.2) is 24.3 Å². The van der Waals surface area contributed by atoms with Crippen molar-refractivity contribution in [1.29, 1.82) is 0 Å². The first-order chi connectivity index (χ1) is 8.35. The molecule has 0 spiro atoms. The first-order valence-corrected chi connectivity index (χ1v) is 6.12. The lowest BCUT2D eigenvalue weighted by Gasteiger charge is -2.13. The van der Waals surface area contributed by atoms with Crippen LogP contribution in [0.4, 0.5) is 0 Å². The van der Waals surface area contributed by atoms with E-state index in [0.717, 1.165) is 42.9 Å². The Kier molecular flexibility index (Phi) is 2.82. The molecule has 4 heteroatoms. The standard InChI is InChI=1S/C13H17N3O/c17-9-10-5-6-16(7-10)8-13-14-11-3-1-2-4-12(11)15-13/h1-4,10,17H,5-9H2,(H,14,15).